The van der Waals surface area contributed by atoms with Crippen LogP contribution in [0.3, 0.4) is 0 Å². The highest BCUT2D eigenvalue weighted by atomic mass is 19.4. The van der Waals surface area contributed by atoms with Crippen molar-refractivity contribution in [2.45, 2.75) is 12.6 Å². The molecule has 1 N–H and O–H groups in total. The number of alkyl halides is 3. The first kappa shape index (κ1) is 13.3. The number of rotatable bonds is 4. The summed E-state index contributed by atoms with van der Waals surface area (Å²) in [6.45, 7) is -0.270. The number of halogens is 3. The molecule has 1 aromatic rings. The van der Waals surface area contributed by atoms with Crippen molar-refractivity contribution < 1.29 is 23.1 Å². The summed E-state index contributed by atoms with van der Waals surface area (Å²) < 4.78 is 36.1. The van der Waals surface area contributed by atoms with Crippen LogP contribution in [0.15, 0.2) is 24.3 Å². The second kappa shape index (κ2) is 5.07. The summed E-state index contributed by atoms with van der Waals surface area (Å²) in [7, 11) is 1.44. The first-order valence-electron chi connectivity index (χ1n) is 4.91. The molecule has 3 nitrogen and oxygen atoms in total. The Kier molecular flexibility index (Phi) is 3.98. The molecule has 0 amide bonds. The fourth-order valence-electron chi connectivity index (χ4n) is 1.40. The maximum absolute atomic E-state index is 12.0. The highest BCUT2D eigenvalue weighted by Gasteiger charge is 2.27. The minimum atomic E-state index is -4.24. The Bertz CT molecular complexity index is 404. The van der Waals surface area contributed by atoms with E-state index in [9.17, 15) is 18.0 Å². The zero-order valence-corrected chi connectivity index (χ0v) is 9.16. The van der Waals surface area contributed by atoms with E-state index in [-0.39, 0.29) is 17.8 Å². The molecule has 0 radical (unpaired) electrons. The molecular weight excluding hydrogens is 235 g/mol. The van der Waals surface area contributed by atoms with Crippen LogP contribution in [-0.4, -0.2) is 30.8 Å². The van der Waals surface area contributed by atoms with Crippen molar-refractivity contribution in [2.75, 3.05) is 18.5 Å². The lowest BCUT2D eigenvalue weighted by atomic mass is 10.1. The lowest BCUT2D eigenvalue weighted by Gasteiger charge is -2.21. The van der Waals surface area contributed by atoms with Gasteiger partial charge in [-0.05, 0) is 12.1 Å². The molecule has 0 aromatic heterocycles. The number of benzene rings is 1. The average Bonchev–Trinajstić information content (AvgIpc) is 2.25. The summed E-state index contributed by atoms with van der Waals surface area (Å²) in [5.74, 6) is -1.15. The van der Waals surface area contributed by atoms with Crippen molar-refractivity contribution >= 4 is 11.7 Å². The van der Waals surface area contributed by atoms with Crippen LogP contribution in [0, 0.1) is 0 Å². The standard InChI is InChI=1S/C11H12F3NO2/c1-15(7-6-11(12,13)14)9-5-3-2-4-8(9)10(16)17/h2-5H,6-7H2,1H3,(H,16,17). The molecule has 0 heterocycles. The monoisotopic (exact) mass is 247 g/mol. The maximum atomic E-state index is 12.0. The zero-order chi connectivity index (χ0) is 13.1. The first-order valence-corrected chi connectivity index (χ1v) is 4.91. The number of anilines is 1. The first-order chi connectivity index (χ1) is 7.81. The van der Waals surface area contributed by atoms with Crippen molar-refractivity contribution in [2.24, 2.45) is 0 Å². The van der Waals surface area contributed by atoms with E-state index in [0.717, 1.165) is 0 Å². The predicted molar refractivity (Wildman–Crippen MR) is 57.3 cm³/mol. The minimum absolute atomic E-state index is 0.00262. The highest BCUT2D eigenvalue weighted by Crippen LogP contribution is 2.23. The fraction of sp³-hybridized carbons (Fsp3) is 0.364. The normalized spacial score (nSPS) is 11.3. The molecule has 0 atom stereocenters. The van der Waals surface area contributed by atoms with Gasteiger partial charge < -0.3 is 10.0 Å². The second-order valence-electron chi connectivity index (χ2n) is 3.61. The number of nitrogens with zero attached hydrogens (tertiary/aromatic N) is 1. The summed E-state index contributed by atoms with van der Waals surface area (Å²) >= 11 is 0. The molecule has 0 spiro atoms. The van der Waals surface area contributed by atoms with Gasteiger partial charge in [0.2, 0.25) is 0 Å². The molecule has 0 saturated carbocycles. The molecule has 0 bridgehead atoms. The Labute approximate surface area is 96.5 Å². The summed E-state index contributed by atoms with van der Waals surface area (Å²) in [4.78, 5) is 12.2. The SMILES string of the molecule is CN(CCC(F)(F)F)c1ccccc1C(=O)O. The number of para-hydroxylation sites is 1. The van der Waals surface area contributed by atoms with Crippen LogP contribution in [0.25, 0.3) is 0 Å². The second-order valence-corrected chi connectivity index (χ2v) is 3.61. The number of carboxylic acids is 1. The lowest BCUT2D eigenvalue weighted by molar-refractivity contribution is -0.132. The molecule has 1 rings (SSSR count). The van der Waals surface area contributed by atoms with Crippen LogP contribution in [0.2, 0.25) is 0 Å². The van der Waals surface area contributed by atoms with Gasteiger partial charge >= 0.3 is 12.1 Å². The van der Waals surface area contributed by atoms with Crippen LogP contribution in [0.4, 0.5) is 18.9 Å². The fourth-order valence-corrected chi connectivity index (χ4v) is 1.40. The molecule has 0 aliphatic heterocycles. The number of carboxylic acid groups (broad SMARTS) is 1. The largest absolute Gasteiger partial charge is 0.478 e. The van der Waals surface area contributed by atoms with Crippen molar-refractivity contribution in [1.82, 2.24) is 0 Å². The third kappa shape index (κ3) is 3.97. The summed E-state index contributed by atoms with van der Waals surface area (Å²) in [6.07, 6.45) is -5.22. The third-order valence-electron chi connectivity index (χ3n) is 2.28. The summed E-state index contributed by atoms with van der Waals surface area (Å²) in [6, 6.07) is 5.97. The van der Waals surface area contributed by atoms with Crippen LogP contribution in [0.1, 0.15) is 16.8 Å². The molecule has 0 aliphatic rings. The van der Waals surface area contributed by atoms with Gasteiger partial charge in [-0.15, -0.1) is 0 Å². The van der Waals surface area contributed by atoms with E-state index >= 15 is 0 Å². The van der Waals surface area contributed by atoms with E-state index in [1.165, 1.54) is 30.1 Å². The highest BCUT2D eigenvalue weighted by molar-refractivity contribution is 5.94. The number of aromatic carboxylic acids is 1. The molecular formula is C11H12F3NO2. The molecule has 94 valence electrons. The smallest absolute Gasteiger partial charge is 0.390 e. The van der Waals surface area contributed by atoms with E-state index in [1.807, 2.05) is 0 Å². The van der Waals surface area contributed by atoms with E-state index in [0.29, 0.717) is 0 Å². The molecule has 17 heavy (non-hydrogen) atoms. The van der Waals surface area contributed by atoms with Crippen LogP contribution in [-0.2, 0) is 0 Å². The van der Waals surface area contributed by atoms with E-state index in [1.54, 1.807) is 6.07 Å². The van der Waals surface area contributed by atoms with Gasteiger partial charge in [0.25, 0.3) is 0 Å². The van der Waals surface area contributed by atoms with Crippen molar-refractivity contribution in [3.8, 4) is 0 Å². The average molecular weight is 247 g/mol. The number of hydrogen-bond acceptors (Lipinski definition) is 2. The maximum Gasteiger partial charge on any atom is 0.390 e. The topological polar surface area (TPSA) is 40.5 Å². The molecule has 0 aliphatic carbocycles. The van der Waals surface area contributed by atoms with Crippen molar-refractivity contribution in [3.05, 3.63) is 29.8 Å². The zero-order valence-electron chi connectivity index (χ0n) is 9.16. The van der Waals surface area contributed by atoms with Gasteiger partial charge in [-0.2, -0.15) is 13.2 Å². The van der Waals surface area contributed by atoms with E-state index in [2.05, 4.69) is 0 Å². The summed E-state index contributed by atoms with van der Waals surface area (Å²) in [5, 5.41) is 8.89. The molecule has 6 heteroatoms. The predicted octanol–water partition coefficient (Wildman–Crippen LogP) is 2.77. The van der Waals surface area contributed by atoms with E-state index in [4.69, 9.17) is 5.11 Å². The van der Waals surface area contributed by atoms with Crippen LogP contribution in [0.5, 0.6) is 0 Å². The van der Waals surface area contributed by atoms with E-state index < -0.39 is 18.6 Å². The van der Waals surface area contributed by atoms with Gasteiger partial charge in [0.1, 0.15) is 0 Å². The Morgan fingerprint density at radius 2 is 1.94 bits per heavy atom. The Hall–Kier alpha value is -1.72. The quantitative estimate of drug-likeness (QED) is 0.889. The molecule has 0 unspecified atom stereocenters. The minimum Gasteiger partial charge on any atom is -0.478 e. The van der Waals surface area contributed by atoms with Gasteiger partial charge in [0.15, 0.2) is 0 Å². The van der Waals surface area contributed by atoms with Gasteiger partial charge in [0, 0.05) is 13.6 Å². The van der Waals surface area contributed by atoms with Gasteiger partial charge in [-0.25, -0.2) is 4.79 Å². The van der Waals surface area contributed by atoms with Crippen LogP contribution < -0.4 is 4.90 Å². The van der Waals surface area contributed by atoms with Crippen molar-refractivity contribution in [1.29, 1.82) is 0 Å². The van der Waals surface area contributed by atoms with Gasteiger partial charge in [-0.3, -0.25) is 0 Å². The Morgan fingerprint density at radius 1 is 1.35 bits per heavy atom. The van der Waals surface area contributed by atoms with Crippen molar-refractivity contribution in [3.63, 3.8) is 0 Å². The Balaban J connectivity index is 2.82. The van der Waals surface area contributed by atoms with Crippen LogP contribution >= 0.6 is 0 Å². The molecule has 0 saturated heterocycles. The number of hydrogen-bond donors (Lipinski definition) is 1. The molecule has 0 fully saturated rings. The third-order valence-corrected chi connectivity index (χ3v) is 2.28. The van der Waals surface area contributed by atoms with Gasteiger partial charge in [0.05, 0.1) is 17.7 Å². The molecule has 1 aromatic carbocycles. The summed E-state index contributed by atoms with van der Waals surface area (Å²) in [5.41, 5.74) is 0.279. The number of carbonyl (C=O) groups is 1. The lowest BCUT2D eigenvalue weighted by Crippen LogP contribution is -2.25. The van der Waals surface area contributed by atoms with Gasteiger partial charge in [-0.1, -0.05) is 12.1 Å². The Morgan fingerprint density at radius 3 is 2.47 bits per heavy atom.